The second kappa shape index (κ2) is 9.02. The Kier molecular flexibility index (Phi) is 6.99. The summed E-state index contributed by atoms with van der Waals surface area (Å²) in [6, 6.07) is 2.19. The zero-order valence-corrected chi connectivity index (χ0v) is 13.8. The summed E-state index contributed by atoms with van der Waals surface area (Å²) in [5.74, 6) is 1.37. The number of guanidine groups is 1. The molecule has 1 aliphatic rings. The van der Waals surface area contributed by atoms with Crippen molar-refractivity contribution in [2.24, 2.45) is 4.99 Å². The Balaban J connectivity index is 1.63. The van der Waals surface area contributed by atoms with E-state index in [1.807, 2.05) is 7.05 Å². The largest absolute Gasteiger partial charge is 0.379 e. The fourth-order valence-corrected chi connectivity index (χ4v) is 3.08. The molecule has 1 aromatic rings. The molecule has 1 aromatic heterocycles. The molecule has 21 heavy (non-hydrogen) atoms. The minimum Gasteiger partial charge on any atom is -0.379 e. The molecule has 0 radical (unpaired) electrons. The zero-order valence-electron chi connectivity index (χ0n) is 13.0. The van der Waals surface area contributed by atoms with E-state index in [0.29, 0.717) is 5.92 Å². The highest BCUT2D eigenvalue weighted by molar-refractivity contribution is 7.07. The number of rotatable bonds is 6. The first-order valence-corrected chi connectivity index (χ1v) is 8.50. The van der Waals surface area contributed by atoms with Crippen LogP contribution in [-0.2, 0) is 4.74 Å². The third-order valence-electron chi connectivity index (χ3n) is 3.74. The van der Waals surface area contributed by atoms with Crippen molar-refractivity contribution in [1.82, 2.24) is 15.5 Å². The van der Waals surface area contributed by atoms with Crippen LogP contribution < -0.4 is 10.6 Å². The predicted molar refractivity (Wildman–Crippen MR) is 89.4 cm³/mol. The lowest BCUT2D eigenvalue weighted by atomic mass is 10.1. The highest BCUT2D eigenvalue weighted by Gasteiger charge is 2.10. The van der Waals surface area contributed by atoms with Crippen molar-refractivity contribution in [3.05, 3.63) is 22.4 Å². The van der Waals surface area contributed by atoms with Crippen LogP contribution in [0, 0.1) is 0 Å². The monoisotopic (exact) mass is 310 g/mol. The van der Waals surface area contributed by atoms with Crippen LogP contribution in [0.2, 0.25) is 0 Å². The number of hydrogen-bond donors (Lipinski definition) is 2. The van der Waals surface area contributed by atoms with Crippen molar-refractivity contribution in [2.75, 3.05) is 53.0 Å². The molecule has 1 fully saturated rings. The molecule has 1 unspecified atom stereocenters. The maximum Gasteiger partial charge on any atom is 0.191 e. The van der Waals surface area contributed by atoms with Crippen molar-refractivity contribution in [3.63, 3.8) is 0 Å². The fraction of sp³-hybridized carbons (Fsp3) is 0.667. The van der Waals surface area contributed by atoms with Gasteiger partial charge in [-0.2, -0.15) is 11.3 Å². The Morgan fingerprint density at radius 2 is 2.24 bits per heavy atom. The first kappa shape index (κ1) is 16.3. The van der Waals surface area contributed by atoms with Gasteiger partial charge in [-0.25, -0.2) is 0 Å². The lowest BCUT2D eigenvalue weighted by Crippen LogP contribution is -2.45. The first-order valence-electron chi connectivity index (χ1n) is 7.56. The minimum atomic E-state index is 0.494. The number of hydrogen-bond acceptors (Lipinski definition) is 4. The quantitative estimate of drug-likeness (QED) is 0.615. The molecule has 1 atom stereocenters. The van der Waals surface area contributed by atoms with E-state index in [4.69, 9.17) is 4.74 Å². The molecule has 1 aliphatic heterocycles. The molecule has 2 heterocycles. The average molecular weight is 310 g/mol. The molecule has 0 aliphatic carbocycles. The predicted octanol–water partition coefficient (Wildman–Crippen LogP) is 1.35. The van der Waals surface area contributed by atoms with Gasteiger partial charge in [-0.1, -0.05) is 6.92 Å². The lowest BCUT2D eigenvalue weighted by molar-refractivity contribution is 0.0389. The summed E-state index contributed by atoms with van der Waals surface area (Å²) in [6.07, 6.45) is 0. The van der Waals surface area contributed by atoms with Gasteiger partial charge in [0.1, 0.15) is 0 Å². The summed E-state index contributed by atoms with van der Waals surface area (Å²) < 4.78 is 5.35. The summed E-state index contributed by atoms with van der Waals surface area (Å²) in [5, 5.41) is 11.1. The number of ether oxygens (including phenoxy) is 1. The van der Waals surface area contributed by atoms with E-state index in [1.54, 1.807) is 11.3 Å². The summed E-state index contributed by atoms with van der Waals surface area (Å²) >= 11 is 1.75. The van der Waals surface area contributed by atoms with Crippen molar-refractivity contribution in [1.29, 1.82) is 0 Å². The maximum absolute atomic E-state index is 5.35. The van der Waals surface area contributed by atoms with Crippen molar-refractivity contribution < 1.29 is 4.74 Å². The van der Waals surface area contributed by atoms with Crippen LogP contribution in [0.1, 0.15) is 18.4 Å². The van der Waals surface area contributed by atoms with Crippen LogP contribution >= 0.6 is 11.3 Å². The molecule has 2 N–H and O–H groups in total. The topological polar surface area (TPSA) is 48.9 Å². The van der Waals surface area contributed by atoms with Gasteiger partial charge in [0.05, 0.1) is 13.2 Å². The van der Waals surface area contributed by atoms with E-state index in [2.05, 4.69) is 44.3 Å². The molecule has 0 amide bonds. The Morgan fingerprint density at radius 1 is 1.43 bits per heavy atom. The summed E-state index contributed by atoms with van der Waals surface area (Å²) in [7, 11) is 1.82. The number of thiophene rings is 1. The van der Waals surface area contributed by atoms with Gasteiger partial charge in [-0.3, -0.25) is 9.89 Å². The summed E-state index contributed by atoms with van der Waals surface area (Å²) in [6.45, 7) is 8.84. The molecule has 0 aromatic carbocycles. The van der Waals surface area contributed by atoms with Gasteiger partial charge in [0.15, 0.2) is 5.96 Å². The van der Waals surface area contributed by atoms with Crippen molar-refractivity contribution in [2.45, 2.75) is 12.8 Å². The van der Waals surface area contributed by atoms with Gasteiger partial charge in [0, 0.05) is 39.8 Å². The second-order valence-corrected chi connectivity index (χ2v) is 6.07. The fourth-order valence-electron chi connectivity index (χ4n) is 2.30. The Bertz CT molecular complexity index is 415. The third kappa shape index (κ3) is 5.65. The van der Waals surface area contributed by atoms with Crippen LogP contribution in [0.15, 0.2) is 21.8 Å². The van der Waals surface area contributed by atoms with Crippen LogP contribution in [0.5, 0.6) is 0 Å². The third-order valence-corrected chi connectivity index (χ3v) is 4.44. The maximum atomic E-state index is 5.35. The molecule has 2 rings (SSSR count). The summed E-state index contributed by atoms with van der Waals surface area (Å²) in [5.41, 5.74) is 1.39. The normalized spacial score (nSPS) is 18.5. The van der Waals surface area contributed by atoms with Crippen LogP contribution in [0.25, 0.3) is 0 Å². The van der Waals surface area contributed by atoms with E-state index in [9.17, 15) is 0 Å². The van der Waals surface area contributed by atoms with E-state index >= 15 is 0 Å². The Morgan fingerprint density at radius 3 is 2.90 bits per heavy atom. The van der Waals surface area contributed by atoms with Gasteiger partial charge in [0.25, 0.3) is 0 Å². The number of nitrogens with zero attached hydrogens (tertiary/aromatic N) is 2. The Labute approximate surface area is 131 Å². The smallest absolute Gasteiger partial charge is 0.191 e. The lowest BCUT2D eigenvalue weighted by Gasteiger charge is -2.26. The number of aliphatic imine (C=N–C) groups is 1. The number of morpholine rings is 1. The van der Waals surface area contributed by atoms with Gasteiger partial charge in [-0.15, -0.1) is 0 Å². The molecule has 5 nitrogen and oxygen atoms in total. The van der Waals surface area contributed by atoms with Gasteiger partial charge in [-0.05, 0) is 28.3 Å². The van der Waals surface area contributed by atoms with Crippen LogP contribution in [0.3, 0.4) is 0 Å². The second-order valence-electron chi connectivity index (χ2n) is 5.29. The first-order chi connectivity index (χ1) is 10.3. The molecule has 0 spiro atoms. The van der Waals surface area contributed by atoms with E-state index in [0.717, 1.165) is 51.9 Å². The molecule has 1 saturated heterocycles. The number of nitrogens with one attached hydrogen (secondary N) is 2. The van der Waals surface area contributed by atoms with E-state index < -0.39 is 0 Å². The minimum absolute atomic E-state index is 0.494. The van der Waals surface area contributed by atoms with Gasteiger partial charge in [0.2, 0.25) is 0 Å². The average Bonchev–Trinajstić information content (AvgIpc) is 3.06. The molecular weight excluding hydrogens is 284 g/mol. The van der Waals surface area contributed by atoms with Crippen LogP contribution in [-0.4, -0.2) is 63.8 Å². The van der Waals surface area contributed by atoms with E-state index in [1.165, 1.54) is 5.56 Å². The van der Waals surface area contributed by atoms with Crippen LogP contribution in [0.4, 0.5) is 0 Å². The molecular formula is C15H26N4OS. The molecule has 6 heteroatoms. The van der Waals surface area contributed by atoms with Gasteiger partial charge < -0.3 is 15.4 Å². The zero-order chi connectivity index (χ0) is 14.9. The molecule has 0 saturated carbocycles. The van der Waals surface area contributed by atoms with E-state index in [-0.39, 0.29) is 0 Å². The highest BCUT2D eigenvalue weighted by Crippen LogP contribution is 2.16. The Hall–Kier alpha value is -1.11. The summed E-state index contributed by atoms with van der Waals surface area (Å²) in [4.78, 5) is 6.69. The highest BCUT2D eigenvalue weighted by atomic mass is 32.1. The van der Waals surface area contributed by atoms with Crippen molar-refractivity contribution >= 4 is 17.3 Å². The SMILES string of the molecule is CN=C(NCCN1CCOCC1)NCC(C)c1ccsc1. The van der Waals surface area contributed by atoms with Gasteiger partial charge >= 0.3 is 0 Å². The molecule has 0 bridgehead atoms. The molecule has 118 valence electrons. The van der Waals surface area contributed by atoms with Crippen molar-refractivity contribution in [3.8, 4) is 0 Å². The standard InChI is InChI=1S/C15H26N4OS/c1-13(14-3-10-21-12-14)11-18-15(16-2)17-4-5-19-6-8-20-9-7-19/h3,10,12-13H,4-9,11H2,1-2H3,(H2,16,17,18).